The number of carbonyl (C=O) groups is 2. The first-order valence-corrected chi connectivity index (χ1v) is 15.1. The monoisotopic (exact) mass is 614 g/mol. The third-order valence-electron chi connectivity index (χ3n) is 7.26. The molecule has 0 aliphatic heterocycles. The van der Waals surface area contributed by atoms with Crippen molar-refractivity contribution >= 4 is 29.5 Å². The van der Waals surface area contributed by atoms with Crippen LogP contribution in [-0.2, 0) is 0 Å². The highest BCUT2D eigenvalue weighted by atomic mass is 32.2. The molecule has 0 atom stereocenters. The zero-order valence-electron chi connectivity index (χ0n) is 24.4. The smallest absolute Gasteiger partial charge is 0.337 e. The second-order valence-electron chi connectivity index (χ2n) is 10.2. The molecule has 44 heavy (non-hydrogen) atoms. The average Bonchev–Trinajstić information content (AvgIpc) is 3.05. The van der Waals surface area contributed by atoms with E-state index in [1.165, 1.54) is 6.07 Å². The van der Waals surface area contributed by atoms with E-state index < -0.39 is 11.9 Å². The molecule has 10 heteroatoms. The molecule has 1 saturated carbocycles. The molecule has 5 rings (SSSR count). The number of methoxy groups -OCH3 is 2. The molecule has 0 saturated heterocycles. The quantitative estimate of drug-likeness (QED) is 0.140. The number of nitrogens with one attached hydrogen (secondary N) is 2. The van der Waals surface area contributed by atoms with Crippen LogP contribution in [0.5, 0.6) is 28.7 Å². The van der Waals surface area contributed by atoms with Crippen LogP contribution in [0.15, 0.2) is 95.9 Å². The highest BCUT2D eigenvalue weighted by molar-refractivity contribution is 7.97. The lowest BCUT2D eigenvalue weighted by Crippen LogP contribution is -2.33. The van der Waals surface area contributed by atoms with Crippen LogP contribution in [-0.4, -0.2) is 43.3 Å². The SMILES string of the molecule is COc1ccc(OC)c(SNC2CCC(Oc3ccc(Oc4ccc(C(=O)Nc5ccccc5C(=O)O)cc4)cc3)CC2)c1. The largest absolute Gasteiger partial charge is 0.497 e. The van der Waals surface area contributed by atoms with Crippen molar-refractivity contribution in [2.75, 3.05) is 19.5 Å². The number of amides is 1. The maximum atomic E-state index is 12.6. The van der Waals surface area contributed by atoms with Gasteiger partial charge in [0.25, 0.3) is 5.91 Å². The van der Waals surface area contributed by atoms with Gasteiger partial charge >= 0.3 is 5.97 Å². The molecule has 0 unspecified atom stereocenters. The summed E-state index contributed by atoms with van der Waals surface area (Å²) in [4.78, 5) is 25.0. The number of carbonyl (C=O) groups excluding carboxylic acids is 1. The molecule has 9 nitrogen and oxygen atoms in total. The Hall–Kier alpha value is -4.67. The van der Waals surface area contributed by atoms with Gasteiger partial charge in [-0.15, -0.1) is 0 Å². The first-order valence-electron chi connectivity index (χ1n) is 14.2. The fourth-order valence-electron chi connectivity index (χ4n) is 4.87. The van der Waals surface area contributed by atoms with Crippen LogP contribution in [0.2, 0.25) is 0 Å². The summed E-state index contributed by atoms with van der Waals surface area (Å²) in [6.45, 7) is 0. The summed E-state index contributed by atoms with van der Waals surface area (Å²) in [5.41, 5.74) is 0.644. The third-order valence-corrected chi connectivity index (χ3v) is 8.26. The number of aromatic carboxylic acids is 1. The highest BCUT2D eigenvalue weighted by Gasteiger charge is 2.23. The van der Waals surface area contributed by atoms with Crippen molar-refractivity contribution in [2.45, 2.75) is 42.7 Å². The molecule has 3 N–H and O–H groups in total. The van der Waals surface area contributed by atoms with Crippen molar-refractivity contribution in [3.05, 3.63) is 102 Å². The fraction of sp³-hybridized carbons (Fsp3) is 0.235. The van der Waals surface area contributed by atoms with Crippen LogP contribution in [0.4, 0.5) is 5.69 Å². The number of carboxylic acid groups (broad SMARTS) is 1. The van der Waals surface area contributed by atoms with Crippen LogP contribution >= 0.6 is 11.9 Å². The average molecular weight is 615 g/mol. The minimum atomic E-state index is -1.11. The summed E-state index contributed by atoms with van der Waals surface area (Å²) in [5, 5.41) is 12.0. The van der Waals surface area contributed by atoms with Crippen LogP contribution in [0.1, 0.15) is 46.4 Å². The molecule has 0 spiro atoms. The van der Waals surface area contributed by atoms with E-state index in [9.17, 15) is 14.7 Å². The number of hydrogen-bond acceptors (Lipinski definition) is 8. The summed E-state index contributed by atoms with van der Waals surface area (Å²) in [7, 11) is 3.32. The Morgan fingerprint density at radius 3 is 2.07 bits per heavy atom. The molecule has 1 amide bonds. The van der Waals surface area contributed by atoms with Crippen molar-refractivity contribution in [1.29, 1.82) is 0 Å². The number of anilines is 1. The van der Waals surface area contributed by atoms with Gasteiger partial charge in [0.1, 0.15) is 28.7 Å². The van der Waals surface area contributed by atoms with Crippen molar-refractivity contribution in [1.82, 2.24) is 4.72 Å². The first kappa shape index (κ1) is 30.8. The molecule has 0 heterocycles. The number of ether oxygens (including phenoxy) is 4. The van der Waals surface area contributed by atoms with Crippen molar-refractivity contribution in [3.8, 4) is 28.7 Å². The summed E-state index contributed by atoms with van der Waals surface area (Å²) in [6, 6.07) is 26.5. The molecule has 1 aliphatic rings. The number of hydrogen-bond donors (Lipinski definition) is 3. The number of para-hydroxylation sites is 1. The van der Waals surface area contributed by atoms with Crippen LogP contribution in [0, 0.1) is 0 Å². The normalized spacial score (nSPS) is 16.0. The molecule has 228 valence electrons. The molecule has 1 fully saturated rings. The Morgan fingerprint density at radius 2 is 1.41 bits per heavy atom. The lowest BCUT2D eigenvalue weighted by Gasteiger charge is -2.29. The first-order chi connectivity index (χ1) is 21.4. The molecule has 4 aromatic rings. The Balaban J connectivity index is 1.07. The summed E-state index contributed by atoms with van der Waals surface area (Å²) >= 11 is 1.57. The van der Waals surface area contributed by atoms with Gasteiger partial charge in [0, 0.05) is 11.6 Å². The Labute approximate surface area is 260 Å². The van der Waals surface area contributed by atoms with Crippen LogP contribution in [0.25, 0.3) is 0 Å². The lowest BCUT2D eigenvalue weighted by molar-refractivity contribution is 0.0698. The molecule has 0 bridgehead atoms. The van der Waals surface area contributed by atoms with Crippen molar-refractivity contribution in [3.63, 3.8) is 0 Å². The minimum absolute atomic E-state index is 0.0268. The van der Waals surface area contributed by atoms with Gasteiger partial charge in [-0.1, -0.05) is 12.1 Å². The molecular formula is C34H34N2O7S. The zero-order chi connectivity index (χ0) is 30.9. The molecular weight excluding hydrogens is 580 g/mol. The topological polar surface area (TPSA) is 115 Å². The maximum Gasteiger partial charge on any atom is 0.337 e. The van der Waals surface area contributed by atoms with Gasteiger partial charge in [-0.25, -0.2) is 4.79 Å². The number of carboxylic acids is 1. The zero-order valence-corrected chi connectivity index (χ0v) is 25.3. The number of benzene rings is 4. The Kier molecular flexibility index (Phi) is 10.3. The van der Waals surface area contributed by atoms with Crippen molar-refractivity contribution in [2.24, 2.45) is 0 Å². The summed E-state index contributed by atoms with van der Waals surface area (Å²) < 4.78 is 26.6. The second-order valence-corrected chi connectivity index (χ2v) is 11.1. The minimum Gasteiger partial charge on any atom is -0.497 e. The van der Waals surface area contributed by atoms with Crippen LogP contribution < -0.4 is 29.0 Å². The van der Waals surface area contributed by atoms with Gasteiger partial charge in [0.05, 0.1) is 36.5 Å². The van der Waals surface area contributed by atoms with Gasteiger partial charge in [-0.2, -0.15) is 0 Å². The van der Waals surface area contributed by atoms with Gasteiger partial charge in [-0.05, 0) is 116 Å². The van der Waals surface area contributed by atoms with Crippen molar-refractivity contribution < 1.29 is 33.6 Å². The Morgan fingerprint density at radius 1 is 0.773 bits per heavy atom. The Bertz CT molecular complexity index is 1570. The van der Waals surface area contributed by atoms with Gasteiger partial charge in [-0.3, -0.25) is 9.52 Å². The van der Waals surface area contributed by atoms with E-state index >= 15 is 0 Å². The van der Waals surface area contributed by atoms with Gasteiger partial charge in [0.2, 0.25) is 0 Å². The predicted octanol–water partition coefficient (Wildman–Crippen LogP) is 7.43. The standard InChI is InChI=1S/C34H34N2O7S/c1-40-28-19-20-31(41-2)32(21-28)44-36-23-9-13-25(14-10-23)43-27-17-15-26(16-18-27)42-24-11-7-22(8-12-24)33(37)35-30-6-4-3-5-29(30)34(38)39/h3-8,11-12,15-21,23,25,36H,9-10,13-14H2,1-2H3,(H,35,37)(H,38,39). The second kappa shape index (κ2) is 14.7. The highest BCUT2D eigenvalue weighted by Crippen LogP contribution is 2.33. The summed E-state index contributed by atoms with van der Waals surface area (Å²) in [5.74, 6) is 2.09. The lowest BCUT2D eigenvalue weighted by atomic mass is 9.94. The molecule has 4 aromatic carbocycles. The summed E-state index contributed by atoms with van der Waals surface area (Å²) in [6.07, 6.45) is 4.06. The number of rotatable bonds is 12. The van der Waals surface area contributed by atoms with E-state index in [1.807, 2.05) is 42.5 Å². The molecule has 0 radical (unpaired) electrons. The van der Waals surface area contributed by atoms with Crippen LogP contribution in [0.3, 0.4) is 0 Å². The van der Waals surface area contributed by atoms with E-state index in [0.717, 1.165) is 47.8 Å². The van der Waals surface area contributed by atoms with Gasteiger partial charge < -0.3 is 29.4 Å². The van der Waals surface area contributed by atoms with E-state index in [-0.39, 0.29) is 17.4 Å². The van der Waals surface area contributed by atoms with E-state index in [4.69, 9.17) is 18.9 Å². The van der Waals surface area contributed by atoms with Gasteiger partial charge in [0.15, 0.2) is 0 Å². The maximum absolute atomic E-state index is 12.6. The predicted molar refractivity (Wildman–Crippen MR) is 170 cm³/mol. The fourth-order valence-corrected chi connectivity index (χ4v) is 5.83. The van der Waals surface area contributed by atoms with E-state index in [1.54, 1.807) is 68.6 Å². The van der Waals surface area contributed by atoms with E-state index in [0.29, 0.717) is 23.1 Å². The third kappa shape index (κ3) is 8.03. The van der Waals surface area contributed by atoms with E-state index in [2.05, 4.69) is 10.0 Å². The molecule has 0 aromatic heterocycles. The molecule has 1 aliphatic carbocycles.